The molecule has 170 valence electrons. The number of methoxy groups -OCH3 is 2. The van der Waals surface area contributed by atoms with Gasteiger partial charge in [-0.15, -0.1) is 0 Å². The first-order chi connectivity index (χ1) is 15.4. The maximum atomic E-state index is 12.3. The zero-order chi connectivity index (χ0) is 22.7. The SMILES string of the molecule is COC(=O)c1c(/C=C\[C@H]2O[C@H](OCc3ccccc3)[C@H]3OC(C)(C)O[C@H]32)cccc1OC. The molecular formula is C25H28O7. The highest BCUT2D eigenvalue weighted by Gasteiger charge is 2.55. The minimum absolute atomic E-state index is 0.339. The normalized spacial score (nSPS) is 26.2. The van der Waals surface area contributed by atoms with Crippen LogP contribution in [-0.4, -0.2) is 50.6 Å². The summed E-state index contributed by atoms with van der Waals surface area (Å²) >= 11 is 0. The smallest absolute Gasteiger partial charge is 0.342 e. The van der Waals surface area contributed by atoms with Gasteiger partial charge in [0.1, 0.15) is 29.6 Å². The predicted molar refractivity (Wildman–Crippen MR) is 117 cm³/mol. The molecule has 0 unspecified atom stereocenters. The van der Waals surface area contributed by atoms with Crippen molar-refractivity contribution in [1.82, 2.24) is 0 Å². The van der Waals surface area contributed by atoms with E-state index in [9.17, 15) is 4.79 Å². The number of carbonyl (C=O) groups excluding carboxylic acids is 1. The molecule has 0 spiro atoms. The zero-order valence-electron chi connectivity index (χ0n) is 18.6. The number of hydrogen-bond acceptors (Lipinski definition) is 7. The van der Waals surface area contributed by atoms with Gasteiger partial charge in [-0.3, -0.25) is 0 Å². The standard InChI is InChI=1S/C25H28O7/c1-25(2)31-21-19(14-13-17-11-8-12-18(27-3)20(17)23(26)28-4)30-24(22(21)32-25)29-15-16-9-6-5-7-10-16/h5-14,19,21-22,24H,15H2,1-4H3/b14-13-/t19-,21+,22+,24+/m1/s1. The van der Waals surface area contributed by atoms with E-state index < -0.39 is 24.2 Å². The van der Waals surface area contributed by atoms with Crippen LogP contribution < -0.4 is 4.74 Å². The van der Waals surface area contributed by atoms with Crippen LogP contribution in [-0.2, 0) is 30.3 Å². The van der Waals surface area contributed by atoms with E-state index >= 15 is 0 Å². The van der Waals surface area contributed by atoms with Gasteiger partial charge in [-0.1, -0.05) is 54.6 Å². The maximum Gasteiger partial charge on any atom is 0.342 e. The van der Waals surface area contributed by atoms with E-state index in [0.717, 1.165) is 5.56 Å². The minimum Gasteiger partial charge on any atom is -0.496 e. The second-order valence-electron chi connectivity index (χ2n) is 8.11. The van der Waals surface area contributed by atoms with Crippen molar-refractivity contribution < 1.29 is 33.2 Å². The molecule has 7 nitrogen and oxygen atoms in total. The monoisotopic (exact) mass is 440 g/mol. The number of carbonyl (C=O) groups is 1. The Morgan fingerprint density at radius 1 is 1.03 bits per heavy atom. The molecule has 0 saturated carbocycles. The van der Waals surface area contributed by atoms with Crippen molar-refractivity contribution >= 4 is 12.0 Å². The molecule has 2 saturated heterocycles. The van der Waals surface area contributed by atoms with Gasteiger partial charge in [0.05, 0.1) is 20.8 Å². The fourth-order valence-corrected chi connectivity index (χ4v) is 4.01. The molecular weight excluding hydrogens is 412 g/mol. The second kappa shape index (κ2) is 9.42. The Labute approximate surface area is 187 Å². The van der Waals surface area contributed by atoms with Gasteiger partial charge in [0.2, 0.25) is 0 Å². The van der Waals surface area contributed by atoms with Gasteiger partial charge in [-0.05, 0) is 31.0 Å². The highest BCUT2D eigenvalue weighted by molar-refractivity contribution is 5.96. The van der Waals surface area contributed by atoms with Gasteiger partial charge in [-0.25, -0.2) is 4.79 Å². The first-order valence-electron chi connectivity index (χ1n) is 10.5. The zero-order valence-corrected chi connectivity index (χ0v) is 18.6. The molecule has 2 aromatic carbocycles. The number of hydrogen-bond donors (Lipinski definition) is 0. The van der Waals surface area contributed by atoms with Gasteiger partial charge >= 0.3 is 5.97 Å². The maximum absolute atomic E-state index is 12.3. The lowest BCUT2D eigenvalue weighted by atomic mass is 10.0. The van der Waals surface area contributed by atoms with E-state index in [2.05, 4.69) is 0 Å². The Hall–Kier alpha value is -2.71. The average molecular weight is 440 g/mol. The third kappa shape index (κ3) is 4.71. The molecule has 2 aliphatic rings. The summed E-state index contributed by atoms with van der Waals surface area (Å²) in [5.74, 6) is -0.778. The number of benzene rings is 2. The Morgan fingerprint density at radius 2 is 1.78 bits per heavy atom. The van der Waals surface area contributed by atoms with E-state index in [1.165, 1.54) is 14.2 Å². The van der Waals surface area contributed by atoms with Crippen LogP contribution in [0.3, 0.4) is 0 Å². The molecule has 4 rings (SSSR count). The predicted octanol–water partition coefficient (Wildman–Crippen LogP) is 3.96. The van der Waals surface area contributed by atoms with Crippen LogP contribution in [0.15, 0.2) is 54.6 Å². The van der Waals surface area contributed by atoms with Gasteiger partial charge in [0.15, 0.2) is 12.1 Å². The Balaban J connectivity index is 1.54. The highest BCUT2D eigenvalue weighted by Crippen LogP contribution is 2.40. The molecule has 2 aliphatic heterocycles. The van der Waals surface area contributed by atoms with E-state index in [0.29, 0.717) is 23.5 Å². The van der Waals surface area contributed by atoms with Crippen molar-refractivity contribution in [2.24, 2.45) is 0 Å². The molecule has 0 radical (unpaired) electrons. The number of ether oxygens (including phenoxy) is 6. The van der Waals surface area contributed by atoms with Crippen LogP contribution in [0.1, 0.15) is 35.3 Å². The molecule has 32 heavy (non-hydrogen) atoms. The number of fused-ring (bicyclic) bond motifs is 1. The fourth-order valence-electron chi connectivity index (χ4n) is 4.01. The second-order valence-corrected chi connectivity index (χ2v) is 8.11. The summed E-state index contributed by atoms with van der Waals surface area (Å²) < 4.78 is 34.6. The van der Waals surface area contributed by atoms with Crippen LogP contribution in [0.2, 0.25) is 0 Å². The molecule has 0 aliphatic carbocycles. The molecule has 4 atom stereocenters. The van der Waals surface area contributed by atoms with Crippen molar-refractivity contribution in [3.8, 4) is 5.75 Å². The van der Waals surface area contributed by atoms with Crippen molar-refractivity contribution in [3.05, 3.63) is 71.3 Å². The van der Waals surface area contributed by atoms with Gasteiger partial charge in [0.25, 0.3) is 0 Å². The lowest BCUT2D eigenvalue weighted by molar-refractivity contribution is -0.231. The van der Waals surface area contributed by atoms with Gasteiger partial charge < -0.3 is 28.4 Å². The first-order valence-corrected chi connectivity index (χ1v) is 10.5. The molecule has 0 bridgehead atoms. The van der Waals surface area contributed by atoms with Crippen LogP contribution in [0.4, 0.5) is 0 Å². The summed E-state index contributed by atoms with van der Waals surface area (Å²) in [5, 5.41) is 0. The number of esters is 1. The topological polar surface area (TPSA) is 72.5 Å². The van der Waals surface area contributed by atoms with E-state index in [4.69, 9.17) is 28.4 Å². The van der Waals surface area contributed by atoms with Crippen molar-refractivity contribution in [3.63, 3.8) is 0 Å². The van der Waals surface area contributed by atoms with Crippen LogP contribution in [0.5, 0.6) is 5.75 Å². The lowest BCUT2D eigenvalue weighted by Gasteiger charge is -2.23. The van der Waals surface area contributed by atoms with Crippen molar-refractivity contribution in [2.75, 3.05) is 14.2 Å². The third-order valence-corrected chi connectivity index (χ3v) is 5.44. The summed E-state index contributed by atoms with van der Waals surface area (Å²) in [6, 6.07) is 15.2. The fraction of sp³-hybridized carbons (Fsp3) is 0.400. The van der Waals surface area contributed by atoms with E-state index in [1.807, 2.05) is 68.5 Å². The molecule has 0 aromatic heterocycles. The minimum atomic E-state index is -0.743. The third-order valence-electron chi connectivity index (χ3n) is 5.44. The summed E-state index contributed by atoms with van der Waals surface area (Å²) in [5.41, 5.74) is 2.05. The largest absolute Gasteiger partial charge is 0.496 e. The molecule has 7 heteroatoms. The quantitative estimate of drug-likeness (QED) is 0.604. The number of rotatable bonds is 7. The molecule has 2 heterocycles. The van der Waals surface area contributed by atoms with Gasteiger partial charge in [-0.2, -0.15) is 0 Å². The van der Waals surface area contributed by atoms with E-state index in [1.54, 1.807) is 6.07 Å². The lowest BCUT2D eigenvalue weighted by Crippen LogP contribution is -2.31. The molecule has 0 N–H and O–H groups in total. The first kappa shape index (κ1) is 22.5. The Bertz CT molecular complexity index is 970. The highest BCUT2D eigenvalue weighted by atomic mass is 16.8. The van der Waals surface area contributed by atoms with Crippen LogP contribution >= 0.6 is 0 Å². The summed E-state index contributed by atoms with van der Waals surface area (Å²) in [6.45, 7) is 4.15. The molecule has 2 aromatic rings. The van der Waals surface area contributed by atoms with Crippen molar-refractivity contribution in [2.45, 2.75) is 50.8 Å². The van der Waals surface area contributed by atoms with Gasteiger partial charge in [0, 0.05) is 0 Å². The molecule has 2 fully saturated rings. The molecule has 0 amide bonds. The van der Waals surface area contributed by atoms with Crippen molar-refractivity contribution in [1.29, 1.82) is 0 Å². The summed E-state index contributed by atoms with van der Waals surface area (Å²) in [4.78, 5) is 12.3. The average Bonchev–Trinajstić information content (AvgIpc) is 3.28. The Morgan fingerprint density at radius 3 is 2.50 bits per heavy atom. The summed E-state index contributed by atoms with van der Waals surface area (Å²) in [7, 11) is 2.85. The van der Waals surface area contributed by atoms with Crippen LogP contribution in [0.25, 0.3) is 6.08 Å². The van der Waals surface area contributed by atoms with E-state index in [-0.39, 0.29) is 12.2 Å². The Kier molecular flexibility index (Phi) is 6.62. The summed E-state index contributed by atoms with van der Waals surface area (Å²) in [6.07, 6.45) is 1.96. The van der Waals surface area contributed by atoms with Crippen LogP contribution in [0, 0.1) is 0 Å².